The zero-order valence-corrected chi connectivity index (χ0v) is 16.8. The molecule has 2 aromatic heterocycles. The van der Waals surface area contributed by atoms with Crippen molar-refractivity contribution in [3.8, 4) is 11.3 Å². The number of hydrogen-bond donors (Lipinski definition) is 1. The molecular weight excluding hydrogens is 432 g/mol. The van der Waals surface area contributed by atoms with Crippen LogP contribution in [0.15, 0.2) is 48.9 Å². The number of fused-ring (bicyclic) bond motifs is 1. The van der Waals surface area contributed by atoms with E-state index in [0.29, 0.717) is 25.2 Å². The fourth-order valence-electron chi connectivity index (χ4n) is 3.17. The van der Waals surface area contributed by atoms with Gasteiger partial charge in [0.25, 0.3) is 5.91 Å². The van der Waals surface area contributed by atoms with E-state index in [4.69, 9.17) is 9.90 Å². The molecule has 0 atom stereocenters. The van der Waals surface area contributed by atoms with Gasteiger partial charge >= 0.3 is 12.1 Å². The standard InChI is InChI=1S/C19H17FN4O.C2HF3O2/c1-13-7-15(10-21-9-13)19(25)23-5-6-24-17(11-22-18(24)12-23)14-3-2-4-16(20)8-14;3-2(4,5)1(6)7/h2-4,7-11H,5-6,12H2,1H3;(H,6,7). The molecule has 1 aliphatic heterocycles. The Morgan fingerprint density at radius 1 is 1.09 bits per heavy atom. The van der Waals surface area contributed by atoms with E-state index in [1.165, 1.54) is 12.1 Å². The van der Waals surface area contributed by atoms with Crippen LogP contribution in [-0.4, -0.2) is 49.1 Å². The first-order chi connectivity index (χ1) is 15.1. The lowest BCUT2D eigenvalue weighted by Crippen LogP contribution is -2.38. The SMILES string of the molecule is Cc1cncc(C(=O)N2CCn3c(-c4cccc(F)c4)cnc3C2)c1.O=C(O)C(F)(F)F. The molecule has 0 unspecified atom stereocenters. The normalized spacial score (nSPS) is 13.1. The molecule has 3 heterocycles. The van der Waals surface area contributed by atoms with Gasteiger partial charge in [0.05, 0.1) is 24.0 Å². The number of aryl methyl sites for hydroxylation is 1. The molecule has 3 aromatic rings. The summed E-state index contributed by atoms with van der Waals surface area (Å²) in [5, 5.41) is 7.12. The quantitative estimate of drug-likeness (QED) is 0.602. The van der Waals surface area contributed by atoms with Crippen LogP contribution < -0.4 is 0 Å². The Kier molecular flexibility index (Phi) is 6.56. The topological polar surface area (TPSA) is 88.3 Å². The average molecular weight is 450 g/mol. The van der Waals surface area contributed by atoms with E-state index in [0.717, 1.165) is 22.6 Å². The molecular formula is C21H18F4N4O3. The first kappa shape index (κ1) is 22.9. The maximum absolute atomic E-state index is 13.5. The van der Waals surface area contributed by atoms with Crippen LogP contribution in [0.5, 0.6) is 0 Å². The highest BCUT2D eigenvalue weighted by atomic mass is 19.4. The van der Waals surface area contributed by atoms with Gasteiger partial charge in [0.2, 0.25) is 0 Å². The van der Waals surface area contributed by atoms with Gasteiger partial charge in [0.15, 0.2) is 0 Å². The molecule has 1 aliphatic rings. The second-order valence-corrected chi connectivity index (χ2v) is 7.00. The monoisotopic (exact) mass is 450 g/mol. The maximum Gasteiger partial charge on any atom is 0.490 e. The molecule has 168 valence electrons. The van der Waals surface area contributed by atoms with Gasteiger partial charge in [-0.05, 0) is 30.7 Å². The number of halogens is 4. The van der Waals surface area contributed by atoms with Crippen LogP contribution in [0.25, 0.3) is 11.3 Å². The molecule has 1 aromatic carbocycles. The molecule has 1 N–H and O–H groups in total. The fourth-order valence-corrected chi connectivity index (χ4v) is 3.17. The summed E-state index contributed by atoms with van der Waals surface area (Å²) in [7, 11) is 0. The first-order valence-corrected chi connectivity index (χ1v) is 9.37. The summed E-state index contributed by atoms with van der Waals surface area (Å²) >= 11 is 0. The molecule has 0 radical (unpaired) electrons. The fraction of sp³-hybridized carbons (Fsp3) is 0.238. The summed E-state index contributed by atoms with van der Waals surface area (Å²) in [5.41, 5.74) is 3.21. The Hall–Kier alpha value is -3.76. The van der Waals surface area contributed by atoms with Crippen molar-refractivity contribution in [2.24, 2.45) is 0 Å². The maximum atomic E-state index is 13.5. The van der Waals surface area contributed by atoms with Crippen molar-refractivity contribution >= 4 is 11.9 Å². The minimum atomic E-state index is -5.08. The lowest BCUT2D eigenvalue weighted by Gasteiger charge is -2.28. The third-order valence-corrected chi connectivity index (χ3v) is 4.64. The average Bonchev–Trinajstić information content (AvgIpc) is 3.16. The van der Waals surface area contributed by atoms with Gasteiger partial charge in [-0.2, -0.15) is 13.2 Å². The molecule has 1 amide bonds. The van der Waals surface area contributed by atoms with Crippen molar-refractivity contribution in [1.82, 2.24) is 19.4 Å². The summed E-state index contributed by atoms with van der Waals surface area (Å²) in [6.45, 7) is 3.56. The number of amides is 1. The molecule has 32 heavy (non-hydrogen) atoms. The predicted octanol–water partition coefficient (Wildman–Crippen LogP) is 3.68. The van der Waals surface area contributed by atoms with Gasteiger partial charge < -0.3 is 14.6 Å². The van der Waals surface area contributed by atoms with E-state index in [2.05, 4.69) is 9.97 Å². The summed E-state index contributed by atoms with van der Waals surface area (Å²) in [6, 6.07) is 8.32. The lowest BCUT2D eigenvalue weighted by molar-refractivity contribution is -0.192. The second-order valence-electron chi connectivity index (χ2n) is 7.00. The molecule has 0 spiro atoms. The number of carbonyl (C=O) groups excluding carboxylic acids is 1. The van der Waals surface area contributed by atoms with E-state index in [1.54, 1.807) is 29.6 Å². The molecule has 7 nitrogen and oxygen atoms in total. The number of aromatic nitrogens is 3. The number of pyridine rings is 1. The van der Waals surface area contributed by atoms with Crippen molar-refractivity contribution in [1.29, 1.82) is 0 Å². The van der Waals surface area contributed by atoms with Gasteiger partial charge in [-0.15, -0.1) is 0 Å². The zero-order chi connectivity index (χ0) is 23.5. The van der Waals surface area contributed by atoms with Gasteiger partial charge in [-0.1, -0.05) is 12.1 Å². The van der Waals surface area contributed by atoms with Crippen LogP contribution in [0, 0.1) is 12.7 Å². The number of alkyl halides is 3. The van der Waals surface area contributed by atoms with Crippen LogP contribution in [0.3, 0.4) is 0 Å². The number of aliphatic carboxylic acids is 1. The summed E-state index contributed by atoms with van der Waals surface area (Å²) in [6.07, 6.45) is -0.0220. The highest BCUT2D eigenvalue weighted by molar-refractivity contribution is 5.94. The molecule has 0 bridgehead atoms. The number of carboxylic acid groups (broad SMARTS) is 1. The summed E-state index contributed by atoms with van der Waals surface area (Å²) < 4.78 is 47.3. The number of carboxylic acids is 1. The largest absolute Gasteiger partial charge is 0.490 e. The number of carbonyl (C=O) groups is 2. The minimum absolute atomic E-state index is 0.0437. The van der Waals surface area contributed by atoms with Gasteiger partial charge in [-0.3, -0.25) is 9.78 Å². The Labute approximate surface area is 179 Å². The van der Waals surface area contributed by atoms with Crippen molar-refractivity contribution in [2.45, 2.75) is 26.2 Å². The van der Waals surface area contributed by atoms with Crippen LogP contribution in [-0.2, 0) is 17.9 Å². The Bertz CT molecular complexity index is 1140. The number of rotatable bonds is 2. The van der Waals surface area contributed by atoms with E-state index in [-0.39, 0.29) is 11.7 Å². The number of benzene rings is 1. The Morgan fingerprint density at radius 2 is 1.81 bits per heavy atom. The van der Waals surface area contributed by atoms with Gasteiger partial charge in [-0.25, -0.2) is 14.2 Å². The van der Waals surface area contributed by atoms with Crippen LogP contribution in [0.2, 0.25) is 0 Å². The third-order valence-electron chi connectivity index (χ3n) is 4.64. The molecule has 0 saturated carbocycles. The van der Waals surface area contributed by atoms with E-state index in [1.807, 2.05) is 23.6 Å². The number of hydrogen-bond acceptors (Lipinski definition) is 4. The highest BCUT2D eigenvalue weighted by Gasteiger charge is 2.38. The van der Waals surface area contributed by atoms with Crippen molar-refractivity contribution in [3.05, 3.63) is 71.7 Å². The first-order valence-electron chi connectivity index (χ1n) is 9.37. The van der Waals surface area contributed by atoms with Crippen molar-refractivity contribution < 1.29 is 32.3 Å². The van der Waals surface area contributed by atoms with Crippen LogP contribution in [0.4, 0.5) is 17.6 Å². The van der Waals surface area contributed by atoms with Crippen molar-refractivity contribution in [3.63, 3.8) is 0 Å². The third kappa shape index (κ3) is 5.29. The molecule has 0 aliphatic carbocycles. The van der Waals surface area contributed by atoms with Crippen LogP contribution >= 0.6 is 0 Å². The molecule has 11 heteroatoms. The van der Waals surface area contributed by atoms with Crippen molar-refractivity contribution in [2.75, 3.05) is 6.54 Å². The second kappa shape index (κ2) is 9.16. The summed E-state index contributed by atoms with van der Waals surface area (Å²) in [5.74, 6) is -2.27. The smallest absolute Gasteiger partial charge is 0.475 e. The predicted molar refractivity (Wildman–Crippen MR) is 105 cm³/mol. The minimum Gasteiger partial charge on any atom is -0.475 e. The van der Waals surface area contributed by atoms with E-state index in [9.17, 15) is 22.4 Å². The zero-order valence-electron chi connectivity index (χ0n) is 16.8. The lowest BCUT2D eigenvalue weighted by atomic mass is 10.1. The molecule has 4 rings (SSSR count). The number of nitrogens with zero attached hydrogens (tertiary/aromatic N) is 4. The van der Waals surface area contributed by atoms with Crippen LogP contribution in [0.1, 0.15) is 21.7 Å². The summed E-state index contributed by atoms with van der Waals surface area (Å²) in [4.78, 5) is 31.9. The molecule has 0 fully saturated rings. The van der Waals surface area contributed by atoms with Gasteiger partial charge in [0, 0.05) is 31.0 Å². The van der Waals surface area contributed by atoms with E-state index < -0.39 is 12.1 Å². The highest BCUT2D eigenvalue weighted by Crippen LogP contribution is 2.25. The van der Waals surface area contributed by atoms with E-state index >= 15 is 0 Å². The molecule has 0 saturated heterocycles. The Morgan fingerprint density at radius 3 is 2.44 bits per heavy atom. The Balaban J connectivity index is 0.000000360. The number of imidazole rings is 1. The van der Waals surface area contributed by atoms with Gasteiger partial charge in [0.1, 0.15) is 11.6 Å².